The first-order valence-corrected chi connectivity index (χ1v) is 21.8. The van der Waals surface area contributed by atoms with Gasteiger partial charge >= 0.3 is 0 Å². The number of hydrogen-bond acceptors (Lipinski definition) is 11. The second-order valence-electron chi connectivity index (χ2n) is 15.3. The number of aryl methyl sites for hydroxylation is 1. The number of aromatic nitrogens is 2. The van der Waals surface area contributed by atoms with E-state index in [9.17, 15) is 27.2 Å². The summed E-state index contributed by atoms with van der Waals surface area (Å²) in [5, 5.41) is 8.86. The molecule has 57 heavy (non-hydrogen) atoms. The highest BCUT2D eigenvalue weighted by molar-refractivity contribution is 7.91. The number of rotatable bonds is 9. The number of carbonyl (C=O) groups excluding carboxylic acids is 3. The summed E-state index contributed by atoms with van der Waals surface area (Å²) in [7, 11) is -2.30. The molecule has 2 aliphatic carbocycles. The molecule has 4 aromatic rings. The Morgan fingerprint density at radius 1 is 1.07 bits per heavy atom. The average Bonchev–Trinajstić information content (AvgIpc) is 4.06. The molecule has 2 saturated carbocycles. The predicted molar refractivity (Wildman–Crippen MR) is 214 cm³/mol. The van der Waals surface area contributed by atoms with Crippen LogP contribution in [0.4, 0.5) is 10.1 Å². The fourth-order valence-corrected chi connectivity index (χ4v) is 9.89. The van der Waals surface area contributed by atoms with E-state index in [2.05, 4.69) is 20.3 Å². The molecular formula is C41H45FN6O7S2. The molecule has 3 N–H and O–H groups in total. The lowest BCUT2D eigenvalue weighted by Crippen LogP contribution is -2.57. The van der Waals surface area contributed by atoms with Gasteiger partial charge in [0.25, 0.3) is 5.91 Å². The largest absolute Gasteiger partial charge is 0.496 e. The van der Waals surface area contributed by atoms with Crippen LogP contribution in [-0.2, 0) is 24.4 Å². The van der Waals surface area contributed by atoms with Gasteiger partial charge in [-0.05, 0) is 81.8 Å². The summed E-state index contributed by atoms with van der Waals surface area (Å²) in [5.74, 6) is -1.38. The molecule has 4 aliphatic rings. The van der Waals surface area contributed by atoms with Crippen LogP contribution in [0.3, 0.4) is 0 Å². The zero-order valence-electron chi connectivity index (χ0n) is 31.7. The smallest absolute Gasteiger partial charge is 0.259 e. The van der Waals surface area contributed by atoms with Gasteiger partial charge in [-0.2, -0.15) is 0 Å². The second-order valence-corrected chi connectivity index (χ2v) is 18.2. The third kappa shape index (κ3) is 8.06. The summed E-state index contributed by atoms with van der Waals surface area (Å²) in [6, 6.07) is 9.47. The van der Waals surface area contributed by atoms with Gasteiger partial charge in [-0.25, -0.2) is 22.8 Å². The molecule has 0 radical (unpaired) electrons. The topological polar surface area (TPSA) is 169 Å². The van der Waals surface area contributed by atoms with Crippen molar-refractivity contribution < 1.29 is 36.7 Å². The highest BCUT2D eigenvalue weighted by Crippen LogP contribution is 2.46. The zero-order chi connectivity index (χ0) is 39.9. The summed E-state index contributed by atoms with van der Waals surface area (Å²) >= 11 is 1.43. The summed E-state index contributed by atoms with van der Waals surface area (Å²) in [4.78, 5) is 54.0. The van der Waals surface area contributed by atoms with E-state index in [0.29, 0.717) is 64.5 Å². The first-order chi connectivity index (χ1) is 27.5. The minimum atomic E-state index is -3.89. The SMILES string of the molecule is COc1ccc2c(O[C@@H]3C[C@H]4C(=O)N[C@]5(C(=O)NS(=O)(=O)C6CC6)C[C@@H]5/C=C\CCCCC[C@H](Nc5ccc(F)cc5)C(=O)N4C3)cc(-c3nccs3)nc2c1C. The van der Waals surface area contributed by atoms with Gasteiger partial charge in [0.2, 0.25) is 21.8 Å². The number of anilines is 1. The van der Waals surface area contributed by atoms with Crippen LogP contribution >= 0.6 is 11.3 Å². The summed E-state index contributed by atoms with van der Waals surface area (Å²) in [5.41, 5.74) is 1.12. The maximum absolute atomic E-state index is 14.7. The van der Waals surface area contributed by atoms with Crippen LogP contribution in [-0.4, -0.2) is 83.6 Å². The van der Waals surface area contributed by atoms with Gasteiger partial charge < -0.3 is 25.0 Å². The number of benzene rings is 2. The highest BCUT2D eigenvalue weighted by Gasteiger charge is 2.62. The van der Waals surface area contributed by atoms with E-state index >= 15 is 0 Å². The van der Waals surface area contributed by atoms with Gasteiger partial charge in [-0.15, -0.1) is 11.3 Å². The Kier molecular flexibility index (Phi) is 10.7. The molecular weight excluding hydrogens is 772 g/mol. The maximum atomic E-state index is 14.7. The van der Waals surface area contributed by atoms with Crippen molar-refractivity contribution in [3.8, 4) is 22.2 Å². The molecule has 3 fully saturated rings. The van der Waals surface area contributed by atoms with Crippen molar-refractivity contribution in [1.29, 1.82) is 0 Å². The number of carbonyl (C=O) groups is 3. The summed E-state index contributed by atoms with van der Waals surface area (Å²) in [6.07, 6.45) is 9.70. The Hall–Kier alpha value is -5.09. The van der Waals surface area contributed by atoms with Crippen molar-refractivity contribution in [1.82, 2.24) is 24.9 Å². The normalized spacial score (nSPS) is 26.0. The highest BCUT2D eigenvalue weighted by atomic mass is 32.2. The third-order valence-electron chi connectivity index (χ3n) is 11.3. The number of halogens is 1. The van der Waals surface area contributed by atoms with E-state index in [-0.39, 0.29) is 25.3 Å². The molecule has 4 heterocycles. The number of sulfonamides is 1. The van der Waals surface area contributed by atoms with Crippen LogP contribution in [0.2, 0.25) is 0 Å². The molecule has 5 atom stereocenters. The van der Waals surface area contributed by atoms with Gasteiger partial charge in [0, 0.05) is 46.6 Å². The molecule has 13 nitrogen and oxygen atoms in total. The molecule has 0 bridgehead atoms. The van der Waals surface area contributed by atoms with Crippen molar-refractivity contribution >= 4 is 55.7 Å². The van der Waals surface area contributed by atoms with Crippen LogP contribution in [0.5, 0.6) is 11.5 Å². The molecule has 0 spiro atoms. The lowest BCUT2D eigenvalue weighted by Gasteiger charge is -2.30. The molecule has 3 amide bonds. The molecule has 0 unspecified atom stereocenters. The number of amides is 3. The van der Waals surface area contributed by atoms with Gasteiger partial charge in [-0.3, -0.25) is 19.1 Å². The lowest BCUT2D eigenvalue weighted by atomic mass is 10.0. The Morgan fingerprint density at radius 2 is 1.88 bits per heavy atom. The Bertz CT molecular complexity index is 2320. The van der Waals surface area contributed by atoms with Crippen LogP contribution < -0.4 is 24.8 Å². The Labute approximate surface area is 334 Å². The fourth-order valence-electron chi connectivity index (χ4n) is 7.93. The fraction of sp³-hybridized carbons (Fsp3) is 0.439. The van der Waals surface area contributed by atoms with Crippen molar-refractivity contribution in [2.24, 2.45) is 5.92 Å². The van der Waals surface area contributed by atoms with E-state index < -0.39 is 62.5 Å². The monoisotopic (exact) mass is 816 g/mol. The van der Waals surface area contributed by atoms with E-state index in [0.717, 1.165) is 24.8 Å². The average molecular weight is 817 g/mol. The Morgan fingerprint density at radius 3 is 2.61 bits per heavy atom. The van der Waals surface area contributed by atoms with Crippen molar-refractivity contribution in [3.63, 3.8) is 0 Å². The molecule has 1 saturated heterocycles. The van der Waals surface area contributed by atoms with Crippen LogP contribution in [0.15, 0.2) is 66.2 Å². The van der Waals surface area contributed by atoms with E-state index in [1.54, 1.807) is 25.4 Å². The first kappa shape index (κ1) is 38.8. The second kappa shape index (κ2) is 15.7. The number of thiazole rings is 1. The quantitative estimate of drug-likeness (QED) is 0.180. The summed E-state index contributed by atoms with van der Waals surface area (Å²) in [6.45, 7) is 1.96. The molecule has 16 heteroatoms. The number of allylic oxidation sites excluding steroid dienone is 1. The van der Waals surface area contributed by atoms with Gasteiger partial charge in [0.1, 0.15) is 51.7 Å². The van der Waals surface area contributed by atoms with Crippen LogP contribution in [0.1, 0.15) is 63.4 Å². The standard InChI is InChI=1S/C41H45FN6O7S2/c1-24-34(54-2)17-16-30-35(21-32(45-36(24)30)38-43-18-19-56-38)55-28-20-33-37(49)46-41(40(51)47-57(52,53)29-14-15-29)22-25(41)8-6-4-3-5-7-9-31(39(50)48(33)23-28)44-27-12-10-26(42)11-13-27/h6,8,10-13,16-19,21,25,28-29,31,33,44H,3-5,7,9,14-15,20,22-23H2,1-2H3,(H,46,49)(H,47,51)/b8-6-/t25-,28+,31-,33-,41+/m0/s1. The third-order valence-corrected chi connectivity index (χ3v) is 14.0. The molecule has 2 aromatic carbocycles. The van der Waals surface area contributed by atoms with Crippen LogP contribution in [0.25, 0.3) is 21.6 Å². The molecule has 8 rings (SSSR count). The number of nitrogens with one attached hydrogen (secondary N) is 3. The van der Waals surface area contributed by atoms with Crippen LogP contribution in [0, 0.1) is 18.7 Å². The molecule has 2 aromatic heterocycles. The first-order valence-electron chi connectivity index (χ1n) is 19.4. The van der Waals surface area contributed by atoms with Crippen molar-refractivity contribution in [3.05, 3.63) is 77.6 Å². The number of ether oxygens (including phenoxy) is 2. The zero-order valence-corrected chi connectivity index (χ0v) is 33.3. The van der Waals surface area contributed by atoms with Gasteiger partial charge in [0.15, 0.2) is 0 Å². The molecule has 300 valence electrons. The van der Waals surface area contributed by atoms with E-state index in [4.69, 9.17) is 14.5 Å². The number of nitrogens with zero attached hydrogens (tertiary/aromatic N) is 3. The minimum Gasteiger partial charge on any atom is -0.496 e. The minimum absolute atomic E-state index is 0.0443. The number of fused-ring (bicyclic) bond motifs is 3. The van der Waals surface area contributed by atoms with Gasteiger partial charge in [0.05, 0.1) is 24.4 Å². The number of hydrogen-bond donors (Lipinski definition) is 3. The summed E-state index contributed by atoms with van der Waals surface area (Å²) < 4.78 is 54.3. The number of methoxy groups -OCH3 is 1. The Balaban J connectivity index is 1.14. The van der Waals surface area contributed by atoms with E-state index in [1.807, 2.05) is 42.7 Å². The van der Waals surface area contributed by atoms with Crippen molar-refractivity contribution in [2.75, 3.05) is 19.0 Å². The van der Waals surface area contributed by atoms with Crippen molar-refractivity contribution in [2.45, 2.75) is 93.7 Å². The lowest BCUT2D eigenvalue weighted by molar-refractivity contribution is -0.140. The van der Waals surface area contributed by atoms with Gasteiger partial charge in [-0.1, -0.05) is 25.0 Å². The molecule has 2 aliphatic heterocycles. The number of pyridine rings is 1. The predicted octanol–water partition coefficient (Wildman–Crippen LogP) is 5.65. The van der Waals surface area contributed by atoms with E-state index in [1.165, 1.54) is 28.4 Å². The maximum Gasteiger partial charge on any atom is 0.259 e.